The molecule has 8 heteroatoms. The summed E-state index contributed by atoms with van der Waals surface area (Å²) in [6.07, 6.45) is 0. The summed E-state index contributed by atoms with van der Waals surface area (Å²) >= 11 is 6.86. The topological polar surface area (TPSA) is 77.4 Å². The summed E-state index contributed by atoms with van der Waals surface area (Å²) in [5.74, 6) is 0.177. The van der Waals surface area contributed by atoms with Crippen molar-refractivity contribution in [3.8, 4) is 5.75 Å². The van der Waals surface area contributed by atoms with Crippen molar-refractivity contribution in [1.82, 2.24) is 9.88 Å². The molecule has 0 saturated carbocycles. The van der Waals surface area contributed by atoms with Crippen molar-refractivity contribution in [3.63, 3.8) is 0 Å². The maximum absolute atomic E-state index is 12.7. The van der Waals surface area contributed by atoms with Crippen molar-refractivity contribution in [2.75, 3.05) is 7.11 Å². The molecule has 0 spiro atoms. The zero-order chi connectivity index (χ0) is 21.8. The average molecular weight is 445 g/mol. The van der Waals surface area contributed by atoms with Gasteiger partial charge in [0.15, 0.2) is 5.78 Å². The van der Waals surface area contributed by atoms with E-state index in [9.17, 15) is 14.4 Å². The number of halogens is 1. The molecular formula is C22H21ClN2O4S. The van der Waals surface area contributed by atoms with Gasteiger partial charge >= 0.3 is 4.87 Å². The van der Waals surface area contributed by atoms with Gasteiger partial charge in [0, 0.05) is 28.4 Å². The number of Topliss-reactive ketones (excluding diaryl/α,β-unsaturated/α-hetero) is 1. The van der Waals surface area contributed by atoms with E-state index in [4.69, 9.17) is 16.3 Å². The molecule has 0 aliphatic heterocycles. The number of nitrogens with zero attached hydrogens (tertiary/aromatic N) is 1. The number of hydrogen-bond donors (Lipinski definition) is 1. The fourth-order valence-corrected chi connectivity index (χ4v) is 4.19. The molecule has 1 heterocycles. The Kier molecular flexibility index (Phi) is 6.74. The zero-order valence-electron chi connectivity index (χ0n) is 16.8. The van der Waals surface area contributed by atoms with Crippen LogP contribution in [0.5, 0.6) is 5.75 Å². The Labute approximate surface area is 183 Å². The molecule has 0 bridgehead atoms. The van der Waals surface area contributed by atoms with Crippen LogP contribution < -0.4 is 14.9 Å². The maximum Gasteiger partial charge on any atom is 0.308 e. The Balaban J connectivity index is 1.84. The number of thiazole rings is 1. The molecule has 156 valence electrons. The van der Waals surface area contributed by atoms with E-state index in [-0.39, 0.29) is 23.1 Å². The molecule has 0 unspecified atom stereocenters. The van der Waals surface area contributed by atoms with Crippen LogP contribution in [0.1, 0.15) is 43.8 Å². The van der Waals surface area contributed by atoms with E-state index >= 15 is 0 Å². The van der Waals surface area contributed by atoms with Crippen LogP contribution in [0.15, 0.2) is 47.3 Å². The van der Waals surface area contributed by atoms with Crippen LogP contribution in [0, 0.1) is 6.92 Å². The smallest absolute Gasteiger partial charge is 0.308 e. The summed E-state index contributed by atoms with van der Waals surface area (Å²) in [4.78, 5) is 37.1. The number of carbonyl (C=O) groups is 2. The number of aromatic nitrogens is 1. The molecule has 0 atom stereocenters. The zero-order valence-corrected chi connectivity index (χ0v) is 18.4. The summed E-state index contributed by atoms with van der Waals surface area (Å²) in [6, 6.07) is 12.3. The molecule has 3 aromatic rings. The van der Waals surface area contributed by atoms with E-state index in [1.54, 1.807) is 37.3 Å². The van der Waals surface area contributed by atoms with E-state index in [0.717, 1.165) is 16.9 Å². The molecule has 1 amide bonds. The highest BCUT2D eigenvalue weighted by Gasteiger charge is 2.19. The SMILES string of the molecule is COc1ccc(C(C)=O)cc1Cn1c(C)c(C(=O)NCc2cccc(Cl)c2)sc1=O. The predicted molar refractivity (Wildman–Crippen MR) is 118 cm³/mol. The fraction of sp³-hybridized carbons (Fsp3) is 0.227. The summed E-state index contributed by atoms with van der Waals surface area (Å²) < 4.78 is 6.88. The van der Waals surface area contributed by atoms with E-state index in [1.165, 1.54) is 18.6 Å². The lowest BCUT2D eigenvalue weighted by molar-refractivity contribution is 0.0952. The van der Waals surface area contributed by atoms with Crippen molar-refractivity contribution in [2.45, 2.75) is 26.9 Å². The Morgan fingerprint density at radius 2 is 1.97 bits per heavy atom. The lowest BCUT2D eigenvalue weighted by atomic mass is 10.1. The second-order valence-electron chi connectivity index (χ2n) is 6.76. The van der Waals surface area contributed by atoms with E-state index in [2.05, 4.69) is 5.32 Å². The first-order valence-corrected chi connectivity index (χ1v) is 10.4. The number of carbonyl (C=O) groups excluding carboxylic acids is 2. The minimum atomic E-state index is -0.322. The third kappa shape index (κ3) is 4.80. The number of hydrogen-bond acceptors (Lipinski definition) is 5. The average Bonchev–Trinajstić information content (AvgIpc) is 3.00. The maximum atomic E-state index is 12.7. The molecule has 0 fully saturated rings. The largest absolute Gasteiger partial charge is 0.496 e. The third-order valence-corrected chi connectivity index (χ3v) is 6.02. The van der Waals surface area contributed by atoms with Crippen LogP contribution in [0.4, 0.5) is 0 Å². The van der Waals surface area contributed by atoms with E-state index < -0.39 is 0 Å². The number of amides is 1. The number of nitrogens with one attached hydrogen (secondary N) is 1. The molecular weight excluding hydrogens is 424 g/mol. The molecule has 0 saturated heterocycles. The Bertz CT molecular complexity index is 1170. The van der Waals surface area contributed by atoms with Gasteiger partial charge in [-0.3, -0.25) is 19.0 Å². The molecule has 3 rings (SSSR count). The molecule has 0 aliphatic rings. The number of ketones is 1. The molecule has 2 aromatic carbocycles. The van der Waals surface area contributed by atoms with Crippen molar-refractivity contribution < 1.29 is 14.3 Å². The minimum absolute atomic E-state index is 0.0747. The van der Waals surface area contributed by atoms with Crippen LogP contribution in [0.25, 0.3) is 0 Å². The van der Waals surface area contributed by atoms with Gasteiger partial charge in [-0.15, -0.1) is 0 Å². The lowest BCUT2D eigenvalue weighted by Crippen LogP contribution is -2.23. The molecule has 1 aromatic heterocycles. The molecule has 6 nitrogen and oxygen atoms in total. The van der Waals surface area contributed by atoms with Crippen molar-refractivity contribution in [3.05, 3.63) is 84.4 Å². The Morgan fingerprint density at radius 3 is 2.63 bits per heavy atom. The van der Waals surface area contributed by atoms with Gasteiger partial charge in [-0.2, -0.15) is 0 Å². The standard InChI is InChI=1S/C22H21ClN2O4S/c1-13-20(21(27)24-11-15-5-4-6-18(23)9-15)30-22(28)25(13)12-17-10-16(14(2)26)7-8-19(17)29-3/h4-10H,11-12H2,1-3H3,(H,24,27). The minimum Gasteiger partial charge on any atom is -0.496 e. The Morgan fingerprint density at radius 1 is 1.20 bits per heavy atom. The highest BCUT2D eigenvalue weighted by Crippen LogP contribution is 2.23. The van der Waals surface area contributed by atoms with Crippen LogP contribution >= 0.6 is 22.9 Å². The van der Waals surface area contributed by atoms with E-state index in [0.29, 0.717) is 39.0 Å². The van der Waals surface area contributed by atoms with Gasteiger partial charge in [0.05, 0.1) is 13.7 Å². The number of benzene rings is 2. The number of methoxy groups -OCH3 is 1. The lowest BCUT2D eigenvalue weighted by Gasteiger charge is -2.12. The fourth-order valence-electron chi connectivity index (χ4n) is 3.07. The third-order valence-electron chi connectivity index (χ3n) is 4.71. The van der Waals surface area contributed by atoms with Gasteiger partial charge in [0.25, 0.3) is 5.91 Å². The second kappa shape index (κ2) is 9.28. The van der Waals surface area contributed by atoms with Crippen LogP contribution in [0.2, 0.25) is 5.02 Å². The van der Waals surface area contributed by atoms with E-state index in [1.807, 2.05) is 12.1 Å². The summed E-state index contributed by atoms with van der Waals surface area (Å²) in [7, 11) is 1.53. The number of rotatable bonds is 7. The Hall–Kier alpha value is -2.90. The van der Waals surface area contributed by atoms with Crippen molar-refractivity contribution in [2.24, 2.45) is 0 Å². The summed E-state index contributed by atoms with van der Waals surface area (Å²) in [5.41, 5.74) is 2.65. The van der Waals surface area contributed by atoms with Gasteiger partial charge < -0.3 is 10.1 Å². The van der Waals surface area contributed by atoms with Gasteiger partial charge in [0.1, 0.15) is 10.6 Å². The molecule has 0 radical (unpaired) electrons. The first kappa shape index (κ1) is 21.8. The van der Waals surface area contributed by atoms with Crippen molar-refractivity contribution >= 4 is 34.6 Å². The van der Waals surface area contributed by atoms with Crippen molar-refractivity contribution in [1.29, 1.82) is 0 Å². The summed E-state index contributed by atoms with van der Waals surface area (Å²) in [6.45, 7) is 3.72. The molecule has 0 aliphatic carbocycles. The monoisotopic (exact) mass is 444 g/mol. The quantitative estimate of drug-likeness (QED) is 0.557. The first-order chi connectivity index (χ1) is 14.3. The highest BCUT2D eigenvalue weighted by molar-refractivity contribution is 7.11. The summed E-state index contributed by atoms with van der Waals surface area (Å²) in [5, 5.41) is 3.42. The first-order valence-electron chi connectivity index (χ1n) is 9.21. The van der Waals surface area contributed by atoms with Gasteiger partial charge in [-0.05, 0) is 49.7 Å². The van der Waals surface area contributed by atoms with Crippen LogP contribution in [-0.2, 0) is 13.1 Å². The molecule has 1 N–H and O–H groups in total. The van der Waals surface area contributed by atoms with Gasteiger partial charge in [-0.25, -0.2) is 0 Å². The highest BCUT2D eigenvalue weighted by atomic mass is 35.5. The normalized spacial score (nSPS) is 10.7. The number of ether oxygens (including phenoxy) is 1. The van der Waals surface area contributed by atoms with Crippen LogP contribution in [0.3, 0.4) is 0 Å². The van der Waals surface area contributed by atoms with Crippen LogP contribution in [-0.4, -0.2) is 23.4 Å². The van der Waals surface area contributed by atoms with Gasteiger partial charge in [-0.1, -0.05) is 35.1 Å². The second-order valence-corrected chi connectivity index (χ2v) is 8.16. The molecule has 30 heavy (non-hydrogen) atoms. The van der Waals surface area contributed by atoms with Gasteiger partial charge in [0.2, 0.25) is 0 Å². The predicted octanol–water partition coefficient (Wildman–Crippen LogP) is 4.06.